The van der Waals surface area contributed by atoms with Crippen molar-refractivity contribution in [1.82, 2.24) is 0 Å². The molecule has 1 aromatic rings. The maximum absolute atomic E-state index is 11.9. The summed E-state index contributed by atoms with van der Waals surface area (Å²) in [5.41, 5.74) is 4.85. The average Bonchev–Trinajstić information content (AvgIpc) is 2.32. The van der Waals surface area contributed by atoms with Gasteiger partial charge in [-0.3, -0.25) is 0 Å². The van der Waals surface area contributed by atoms with Crippen molar-refractivity contribution in [1.29, 1.82) is 0 Å². The molecule has 0 aliphatic rings. The molecular formula is C6H5BrF3NO. The van der Waals surface area contributed by atoms with Crippen LogP contribution >= 0.6 is 15.9 Å². The Kier molecular flexibility index (Phi) is 2.48. The molecule has 1 heterocycles. The van der Waals surface area contributed by atoms with Gasteiger partial charge in [-0.1, -0.05) is 0 Å². The molecule has 0 aromatic carbocycles. The highest BCUT2D eigenvalue weighted by Gasteiger charge is 2.39. The lowest BCUT2D eigenvalue weighted by Gasteiger charge is -2.11. The van der Waals surface area contributed by atoms with Gasteiger partial charge in [0.2, 0.25) is 0 Å². The van der Waals surface area contributed by atoms with Crippen LogP contribution in [0.1, 0.15) is 11.8 Å². The Morgan fingerprint density at radius 3 is 2.42 bits per heavy atom. The molecule has 0 aliphatic carbocycles. The van der Waals surface area contributed by atoms with Gasteiger partial charge in [0.05, 0.1) is 4.47 Å². The van der Waals surface area contributed by atoms with E-state index in [0.717, 1.165) is 6.26 Å². The monoisotopic (exact) mass is 243 g/mol. The van der Waals surface area contributed by atoms with Crippen molar-refractivity contribution < 1.29 is 17.6 Å². The maximum Gasteiger partial charge on any atom is 0.410 e. The fraction of sp³-hybridized carbons (Fsp3) is 0.333. The topological polar surface area (TPSA) is 39.2 Å². The summed E-state index contributed by atoms with van der Waals surface area (Å²) in [6.45, 7) is 0. The predicted molar refractivity (Wildman–Crippen MR) is 39.4 cm³/mol. The van der Waals surface area contributed by atoms with E-state index < -0.39 is 12.2 Å². The number of halogens is 4. The molecular weight excluding hydrogens is 239 g/mol. The fourth-order valence-corrected chi connectivity index (χ4v) is 0.972. The lowest BCUT2D eigenvalue weighted by Crippen LogP contribution is -2.27. The van der Waals surface area contributed by atoms with Gasteiger partial charge in [0.25, 0.3) is 0 Å². The minimum absolute atomic E-state index is 0.297. The van der Waals surface area contributed by atoms with Crippen LogP contribution in [0.5, 0.6) is 0 Å². The molecule has 12 heavy (non-hydrogen) atoms. The van der Waals surface area contributed by atoms with Gasteiger partial charge in [-0.05, 0) is 22.0 Å². The predicted octanol–water partition coefficient (Wildman–Crippen LogP) is 2.60. The van der Waals surface area contributed by atoms with Crippen molar-refractivity contribution in [2.75, 3.05) is 0 Å². The van der Waals surface area contributed by atoms with E-state index in [1.54, 1.807) is 0 Å². The van der Waals surface area contributed by atoms with E-state index in [2.05, 4.69) is 20.3 Å². The Morgan fingerprint density at radius 2 is 2.08 bits per heavy atom. The zero-order valence-electron chi connectivity index (χ0n) is 5.73. The van der Waals surface area contributed by atoms with Crippen molar-refractivity contribution in [3.8, 4) is 0 Å². The molecule has 2 nitrogen and oxygen atoms in total. The van der Waals surface area contributed by atoms with Crippen molar-refractivity contribution in [3.05, 3.63) is 22.6 Å². The smallest absolute Gasteiger partial charge is 0.410 e. The van der Waals surface area contributed by atoms with Crippen LogP contribution in [0.4, 0.5) is 13.2 Å². The average molecular weight is 244 g/mol. The third-order valence-corrected chi connectivity index (χ3v) is 1.66. The van der Waals surface area contributed by atoms with Crippen LogP contribution < -0.4 is 5.73 Å². The summed E-state index contributed by atoms with van der Waals surface area (Å²) in [5, 5.41) is 0. The van der Waals surface area contributed by atoms with Crippen LogP contribution in [0.3, 0.4) is 0 Å². The molecule has 0 spiro atoms. The summed E-state index contributed by atoms with van der Waals surface area (Å²) < 4.78 is 40.8. The van der Waals surface area contributed by atoms with Gasteiger partial charge in [0.1, 0.15) is 12.0 Å². The molecule has 0 fully saturated rings. The van der Waals surface area contributed by atoms with Gasteiger partial charge < -0.3 is 10.2 Å². The highest BCUT2D eigenvalue weighted by atomic mass is 79.9. The second-order valence-corrected chi connectivity index (χ2v) is 3.10. The van der Waals surface area contributed by atoms with E-state index in [4.69, 9.17) is 5.73 Å². The number of nitrogens with two attached hydrogens (primary N) is 1. The molecule has 6 heteroatoms. The van der Waals surface area contributed by atoms with Crippen molar-refractivity contribution in [2.24, 2.45) is 5.73 Å². The third-order valence-electron chi connectivity index (χ3n) is 1.25. The summed E-state index contributed by atoms with van der Waals surface area (Å²) in [6.07, 6.45) is -3.31. The maximum atomic E-state index is 11.9. The Bertz CT molecular complexity index is 270. The zero-order valence-corrected chi connectivity index (χ0v) is 7.32. The summed E-state index contributed by atoms with van der Waals surface area (Å²) in [5.74, 6) is -0.297. The van der Waals surface area contributed by atoms with E-state index in [-0.39, 0.29) is 5.76 Å². The molecule has 1 rings (SSSR count). The van der Waals surface area contributed by atoms with E-state index >= 15 is 0 Å². The summed E-state index contributed by atoms with van der Waals surface area (Å²) in [7, 11) is 0. The number of furan rings is 1. The van der Waals surface area contributed by atoms with Crippen LogP contribution in [-0.4, -0.2) is 6.18 Å². The molecule has 0 radical (unpaired) electrons. The summed E-state index contributed by atoms with van der Waals surface area (Å²) >= 11 is 2.95. The minimum atomic E-state index is -4.46. The van der Waals surface area contributed by atoms with Crippen LogP contribution in [0.15, 0.2) is 21.2 Å². The van der Waals surface area contributed by atoms with Gasteiger partial charge in [-0.25, -0.2) is 0 Å². The van der Waals surface area contributed by atoms with E-state index in [1.807, 2.05) is 0 Å². The lowest BCUT2D eigenvalue weighted by molar-refractivity contribution is -0.152. The van der Waals surface area contributed by atoms with E-state index in [0.29, 0.717) is 4.47 Å². The van der Waals surface area contributed by atoms with Crippen LogP contribution in [-0.2, 0) is 0 Å². The Hall–Kier alpha value is -0.490. The Balaban J connectivity index is 2.85. The first-order valence-corrected chi connectivity index (χ1v) is 3.77. The van der Waals surface area contributed by atoms with Crippen molar-refractivity contribution in [2.45, 2.75) is 12.2 Å². The molecule has 0 saturated heterocycles. The Morgan fingerprint density at radius 1 is 1.50 bits per heavy atom. The van der Waals surface area contributed by atoms with Gasteiger partial charge in [-0.15, -0.1) is 0 Å². The fourth-order valence-electron chi connectivity index (χ4n) is 0.653. The summed E-state index contributed by atoms with van der Waals surface area (Å²) in [4.78, 5) is 0. The SMILES string of the molecule is NC(c1cc(Br)co1)C(F)(F)F. The molecule has 0 amide bonds. The standard InChI is InChI=1S/C6H5BrF3NO/c7-3-1-4(12-2-3)5(11)6(8,9)10/h1-2,5H,11H2. The van der Waals surface area contributed by atoms with E-state index in [9.17, 15) is 13.2 Å². The number of rotatable bonds is 1. The van der Waals surface area contributed by atoms with Crippen molar-refractivity contribution >= 4 is 15.9 Å². The number of hydrogen-bond donors (Lipinski definition) is 1. The number of alkyl halides is 3. The highest BCUT2D eigenvalue weighted by molar-refractivity contribution is 9.10. The minimum Gasteiger partial charge on any atom is -0.466 e. The molecule has 2 N–H and O–H groups in total. The van der Waals surface area contributed by atoms with Gasteiger partial charge in [0, 0.05) is 0 Å². The highest BCUT2D eigenvalue weighted by Crippen LogP contribution is 2.32. The third kappa shape index (κ3) is 2.01. The molecule has 68 valence electrons. The van der Waals surface area contributed by atoms with Crippen LogP contribution in [0.2, 0.25) is 0 Å². The lowest BCUT2D eigenvalue weighted by atomic mass is 10.2. The molecule has 0 saturated carbocycles. The largest absolute Gasteiger partial charge is 0.466 e. The molecule has 1 aromatic heterocycles. The summed E-state index contributed by atoms with van der Waals surface area (Å²) in [6, 6.07) is -0.859. The second kappa shape index (κ2) is 3.10. The molecule has 0 aliphatic heterocycles. The Labute approximate surface area is 74.7 Å². The normalized spacial score (nSPS) is 14.8. The second-order valence-electron chi connectivity index (χ2n) is 2.19. The molecule has 1 unspecified atom stereocenters. The number of hydrogen-bond acceptors (Lipinski definition) is 2. The van der Waals surface area contributed by atoms with Crippen LogP contribution in [0.25, 0.3) is 0 Å². The first kappa shape index (κ1) is 9.60. The van der Waals surface area contributed by atoms with Crippen molar-refractivity contribution in [3.63, 3.8) is 0 Å². The quantitative estimate of drug-likeness (QED) is 0.824. The first-order valence-electron chi connectivity index (χ1n) is 2.97. The first-order chi connectivity index (χ1) is 5.41. The molecule has 0 bridgehead atoms. The van der Waals surface area contributed by atoms with Crippen LogP contribution in [0, 0.1) is 0 Å². The van der Waals surface area contributed by atoms with Gasteiger partial charge in [0.15, 0.2) is 6.04 Å². The van der Waals surface area contributed by atoms with E-state index in [1.165, 1.54) is 6.07 Å². The zero-order chi connectivity index (χ0) is 9.35. The van der Waals surface area contributed by atoms with Gasteiger partial charge in [-0.2, -0.15) is 13.2 Å². The van der Waals surface area contributed by atoms with Gasteiger partial charge >= 0.3 is 6.18 Å². The molecule has 1 atom stereocenters.